The second-order valence-corrected chi connectivity index (χ2v) is 16.5. The topological polar surface area (TPSA) is 3.24 Å². The largest absolute Gasteiger partial charge is 0.310 e. The number of rotatable bonds is 7. The minimum absolute atomic E-state index is 0.139. The summed E-state index contributed by atoms with van der Waals surface area (Å²) < 4.78 is 0. The Hall–Kier alpha value is -7.22. The van der Waals surface area contributed by atoms with Gasteiger partial charge in [-0.15, -0.1) is 0 Å². The number of hydrogen-bond acceptors (Lipinski definition) is 1. The molecule has 9 aromatic rings. The lowest BCUT2D eigenvalue weighted by Gasteiger charge is -2.35. The van der Waals surface area contributed by atoms with Crippen LogP contribution in [0.4, 0.5) is 17.1 Å². The summed E-state index contributed by atoms with van der Waals surface area (Å²) in [7, 11) is 0. The molecule has 0 radical (unpaired) electrons. The van der Waals surface area contributed by atoms with Crippen molar-refractivity contribution in [3.63, 3.8) is 0 Å². The van der Waals surface area contributed by atoms with Crippen molar-refractivity contribution in [1.29, 1.82) is 0 Å². The van der Waals surface area contributed by atoms with Crippen LogP contribution < -0.4 is 4.90 Å². The Kier molecular flexibility index (Phi) is 8.13. The molecule has 2 aliphatic carbocycles. The molecule has 2 aliphatic rings. The van der Waals surface area contributed by atoms with Crippen molar-refractivity contribution in [2.24, 2.45) is 0 Å². The van der Waals surface area contributed by atoms with Crippen LogP contribution in [-0.4, -0.2) is 0 Å². The van der Waals surface area contributed by atoms with Crippen molar-refractivity contribution >= 4 is 17.1 Å². The van der Waals surface area contributed by atoms with Crippen molar-refractivity contribution < 1.29 is 0 Å². The van der Waals surface area contributed by atoms with Gasteiger partial charge in [0, 0.05) is 22.5 Å². The molecular weight excluding hydrogens is 711 g/mol. The number of hydrogen-bond donors (Lipinski definition) is 0. The summed E-state index contributed by atoms with van der Waals surface area (Å²) in [5, 5.41) is 0. The van der Waals surface area contributed by atoms with Crippen LogP contribution in [0.1, 0.15) is 47.2 Å². The second-order valence-electron chi connectivity index (χ2n) is 16.5. The molecule has 0 amide bonds. The highest BCUT2D eigenvalue weighted by molar-refractivity contribution is 5.92. The number of nitrogens with zero attached hydrogens (tertiary/aromatic N) is 1. The second kappa shape index (κ2) is 13.7. The normalized spacial score (nSPS) is 13.9. The van der Waals surface area contributed by atoms with Crippen LogP contribution in [0, 0.1) is 0 Å². The number of benzene rings is 9. The fourth-order valence-corrected chi connectivity index (χ4v) is 10.3. The van der Waals surface area contributed by atoms with Crippen LogP contribution in [0.5, 0.6) is 0 Å². The van der Waals surface area contributed by atoms with Gasteiger partial charge in [-0.2, -0.15) is 0 Å². The first kappa shape index (κ1) is 35.0. The third kappa shape index (κ3) is 5.39. The van der Waals surface area contributed by atoms with Crippen LogP contribution >= 0.6 is 0 Å². The van der Waals surface area contributed by atoms with Gasteiger partial charge in [-0.05, 0) is 114 Å². The predicted molar refractivity (Wildman–Crippen MR) is 247 cm³/mol. The predicted octanol–water partition coefficient (Wildman–Crippen LogP) is 15.2. The van der Waals surface area contributed by atoms with Gasteiger partial charge in [0.25, 0.3) is 0 Å². The van der Waals surface area contributed by atoms with Crippen molar-refractivity contribution in [2.75, 3.05) is 4.90 Å². The third-order valence-corrected chi connectivity index (χ3v) is 13.0. The van der Waals surface area contributed by atoms with Crippen molar-refractivity contribution in [3.8, 4) is 44.5 Å². The zero-order valence-electron chi connectivity index (χ0n) is 33.3. The molecule has 0 fully saturated rings. The molecule has 1 heteroatoms. The van der Waals surface area contributed by atoms with E-state index in [1.807, 2.05) is 0 Å². The summed E-state index contributed by atoms with van der Waals surface area (Å²) in [6.45, 7) is 4.74. The first-order valence-electron chi connectivity index (χ1n) is 20.7. The van der Waals surface area contributed by atoms with Gasteiger partial charge in [-0.25, -0.2) is 0 Å². The number of anilines is 3. The Morgan fingerprint density at radius 2 is 0.712 bits per heavy atom. The molecule has 1 nitrogen and oxygen atoms in total. The van der Waals surface area contributed by atoms with Gasteiger partial charge in [-0.1, -0.05) is 202 Å². The summed E-state index contributed by atoms with van der Waals surface area (Å²) in [6.07, 6.45) is 0. The zero-order valence-corrected chi connectivity index (χ0v) is 33.3. The maximum atomic E-state index is 2.48. The van der Waals surface area contributed by atoms with E-state index in [0.29, 0.717) is 0 Å². The summed E-state index contributed by atoms with van der Waals surface area (Å²) in [5.74, 6) is 0. The van der Waals surface area contributed by atoms with Crippen LogP contribution in [0.15, 0.2) is 224 Å². The maximum Gasteiger partial charge on any atom is 0.0714 e. The average Bonchev–Trinajstić information content (AvgIpc) is 3.72. The SMILES string of the molecule is CC1(C)c2ccccc2-c2ccc(N(c3cccc(-c4ccccc4-c4ccccc4)c3)c3ccc4c(c3)C(c3ccccc3)(c3ccccc3)c3ccccc3-4)cc21. The first-order chi connectivity index (χ1) is 29.0. The summed E-state index contributed by atoms with van der Waals surface area (Å²) >= 11 is 0. The molecule has 0 atom stereocenters. The monoisotopic (exact) mass is 753 g/mol. The minimum atomic E-state index is -0.506. The highest BCUT2D eigenvalue weighted by Gasteiger charge is 2.46. The Morgan fingerprint density at radius 3 is 1.34 bits per heavy atom. The lowest BCUT2D eigenvalue weighted by molar-refractivity contribution is 0.660. The molecule has 0 aliphatic heterocycles. The molecule has 0 unspecified atom stereocenters. The van der Waals surface area contributed by atoms with Crippen molar-refractivity contribution in [3.05, 3.63) is 258 Å². The van der Waals surface area contributed by atoms with Crippen LogP contribution in [0.3, 0.4) is 0 Å². The van der Waals surface area contributed by atoms with Gasteiger partial charge in [0.15, 0.2) is 0 Å². The molecule has 9 aromatic carbocycles. The Labute approximate surface area is 347 Å². The van der Waals surface area contributed by atoms with Crippen molar-refractivity contribution in [1.82, 2.24) is 0 Å². The van der Waals surface area contributed by atoms with E-state index < -0.39 is 5.41 Å². The highest BCUT2D eigenvalue weighted by atomic mass is 15.1. The van der Waals surface area contributed by atoms with E-state index in [4.69, 9.17) is 0 Å². The molecule has 0 saturated carbocycles. The Bertz CT molecular complexity index is 2970. The maximum absolute atomic E-state index is 2.48. The van der Waals surface area contributed by atoms with E-state index in [-0.39, 0.29) is 5.41 Å². The van der Waals surface area contributed by atoms with Gasteiger partial charge >= 0.3 is 0 Å². The van der Waals surface area contributed by atoms with Gasteiger partial charge < -0.3 is 4.90 Å². The molecule has 280 valence electrons. The highest BCUT2D eigenvalue weighted by Crippen LogP contribution is 2.58. The summed E-state index contributed by atoms with van der Waals surface area (Å²) in [4.78, 5) is 2.48. The van der Waals surface area contributed by atoms with Crippen LogP contribution in [-0.2, 0) is 10.8 Å². The fourth-order valence-electron chi connectivity index (χ4n) is 10.3. The average molecular weight is 754 g/mol. The van der Waals surface area contributed by atoms with E-state index in [2.05, 4.69) is 243 Å². The standard InChI is InChI=1S/C58H43N/c1-57(2)53-31-16-14-29-49(53)51-35-33-45(38-55(51)57)59(44-26-18-21-41(37-44)48-28-13-12-27-47(48)40-19-6-3-7-20-40)46-34-36-52-50-30-15-17-32-54(50)58(56(52)39-46,42-22-8-4-9-23-42)43-24-10-5-11-25-43/h3-39H,1-2H3. The molecule has 0 heterocycles. The first-order valence-corrected chi connectivity index (χ1v) is 20.7. The summed E-state index contributed by atoms with van der Waals surface area (Å²) in [6, 6.07) is 83.0. The molecule has 0 saturated heterocycles. The third-order valence-electron chi connectivity index (χ3n) is 13.0. The van der Waals surface area contributed by atoms with Crippen LogP contribution in [0.25, 0.3) is 44.5 Å². The van der Waals surface area contributed by atoms with E-state index in [0.717, 1.165) is 17.1 Å². The molecule has 11 rings (SSSR count). The van der Waals surface area contributed by atoms with Crippen molar-refractivity contribution in [2.45, 2.75) is 24.7 Å². The van der Waals surface area contributed by atoms with Gasteiger partial charge in [0.2, 0.25) is 0 Å². The lowest BCUT2D eigenvalue weighted by Crippen LogP contribution is -2.28. The fraction of sp³-hybridized carbons (Fsp3) is 0.0690. The molecular formula is C58H43N. The summed E-state index contributed by atoms with van der Waals surface area (Å²) in [5.41, 5.74) is 20.6. The smallest absolute Gasteiger partial charge is 0.0714 e. The number of fused-ring (bicyclic) bond motifs is 6. The molecule has 59 heavy (non-hydrogen) atoms. The minimum Gasteiger partial charge on any atom is -0.310 e. The van der Waals surface area contributed by atoms with Gasteiger partial charge in [0.1, 0.15) is 0 Å². The van der Waals surface area contributed by atoms with E-state index >= 15 is 0 Å². The molecule has 0 N–H and O–H groups in total. The van der Waals surface area contributed by atoms with E-state index in [1.54, 1.807) is 0 Å². The van der Waals surface area contributed by atoms with Gasteiger partial charge in [-0.3, -0.25) is 0 Å². The Morgan fingerprint density at radius 1 is 0.288 bits per heavy atom. The Balaban J connectivity index is 1.16. The molecule has 0 spiro atoms. The van der Waals surface area contributed by atoms with Crippen LogP contribution in [0.2, 0.25) is 0 Å². The molecule has 0 bridgehead atoms. The lowest BCUT2D eigenvalue weighted by atomic mass is 9.67. The van der Waals surface area contributed by atoms with Gasteiger partial charge in [0.05, 0.1) is 5.41 Å². The van der Waals surface area contributed by atoms with E-state index in [9.17, 15) is 0 Å². The molecule has 0 aromatic heterocycles. The quantitative estimate of drug-likeness (QED) is 0.157. The zero-order chi connectivity index (χ0) is 39.6. The van der Waals surface area contributed by atoms with E-state index in [1.165, 1.54) is 77.9 Å².